The summed E-state index contributed by atoms with van der Waals surface area (Å²) in [5.41, 5.74) is 2.55. The maximum atomic E-state index is 11.0. The molecule has 0 spiro atoms. The van der Waals surface area contributed by atoms with Gasteiger partial charge in [0.15, 0.2) is 5.96 Å². The molecule has 1 aromatic carbocycles. The molecule has 6 heteroatoms. The Labute approximate surface area is 149 Å². The zero-order chi connectivity index (χ0) is 15.7. The Balaban J connectivity index is 0.00000441. The van der Waals surface area contributed by atoms with Crippen molar-refractivity contribution in [3.8, 4) is 0 Å². The number of guanidine groups is 1. The van der Waals surface area contributed by atoms with Gasteiger partial charge in [-0.15, -0.1) is 24.0 Å². The molecule has 0 radical (unpaired) electrons. The van der Waals surface area contributed by atoms with Crippen LogP contribution in [0.2, 0.25) is 0 Å². The number of carbonyl (C=O) groups is 1. The molecule has 0 aliphatic rings. The third kappa shape index (κ3) is 7.63. The van der Waals surface area contributed by atoms with Crippen LogP contribution in [0, 0.1) is 6.92 Å². The van der Waals surface area contributed by atoms with E-state index in [1.807, 2.05) is 0 Å². The molecule has 0 aliphatic heterocycles. The third-order valence-corrected chi connectivity index (χ3v) is 3.29. The summed E-state index contributed by atoms with van der Waals surface area (Å²) in [6, 6.07) is 8.54. The van der Waals surface area contributed by atoms with Gasteiger partial charge in [-0.3, -0.25) is 9.79 Å². The van der Waals surface area contributed by atoms with Crippen molar-refractivity contribution in [1.29, 1.82) is 0 Å². The molecule has 124 valence electrons. The van der Waals surface area contributed by atoms with Gasteiger partial charge < -0.3 is 15.4 Å². The minimum Gasteiger partial charge on any atom is -0.469 e. The second-order valence-corrected chi connectivity index (χ2v) is 5.02. The molecule has 0 saturated heterocycles. The lowest BCUT2D eigenvalue weighted by Gasteiger charge is -2.16. The van der Waals surface area contributed by atoms with Gasteiger partial charge in [0.1, 0.15) is 0 Å². The van der Waals surface area contributed by atoms with E-state index < -0.39 is 0 Å². The summed E-state index contributed by atoms with van der Waals surface area (Å²) in [6.07, 6.45) is 0.324. The molecule has 0 saturated carbocycles. The zero-order valence-corrected chi connectivity index (χ0v) is 16.0. The topological polar surface area (TPSA) is 62.7 Å². The molecule has 0 aliphatic carbocycles. The van der Waals surface area contributed by atoms with Crippen LogP contribution in [0.25, 0.3) is 0 Å². The number of carbonyl (C=O) groups excluding carboxylic acids is 1. The van der Waals surface area contributed by atoms with Crippen molar-refractivity contribution in [3.63, 3.8) is 0 Å². The molecule has 0 heterocycles. The van der Waals surface area contributed by atoms with Crippen LogP contribution in [0.15, 0.2) is 29.3 Å². The Morgan fingerprint density at radius 3 is 2.45 bits per heavy atom. The lowest BCUT2D eigenvalue weighted by Crippen LogP contribution is -2.40. The number of methoxy groups -OCH3 is 1. The van der Waals surface area contributed by atoms with Gasteiger partial charge in [0.25, 0.3) is 0 Å². The molecule has 1 rings (SSSR count). The maximum Gasteiger partial charge on any atom is 0.307 e. The second kappa shape index (κ2) is 11.3. The monoisotopic (exact) mass is 419 g/mol. The summed E-state index contributed by atoms with van der Waals surface area (Å²) in [5.74, 6) is 0.841. The minimum absolute atomic E-state index is 0. The average molecular weight is 419 g/mol. The van der Waals surface area contributed by atoms with E-state index in [0.29, 0.717) is 24.8 Å². The Bertz CT molecular complexity index is 475. The molecular formula is C16H26IN3O2. The van der Waals surface area contributed by atoms with Crippen molar-refractivity contribution < 1.29 is 9.53 Å². The van der Waals surface area contributed by atoms with Gasteiger partial charge in [-0.05, 0) is 18.4 Å². The summed E-state index contributed by atoms with van der Waals surface area (Å²) < 4.78 is 4.59. The number of benzene rings is 1. The van der Waals surface area contributed by atoms with E-state index in [-0.39, 0.29) is 29.9 Å². The molecule has 1 atom stereocenters. The summed E-state index contributed by atoms with van der Waals surface area (Å²) in [6.45, 7) is 5.53. The predicted octanol–water partition coefficient (Wildman–Crippen LogP) is 2.44. The van der Waals surface area contributed by atoms with E-state index >= 15 is 0 Å². The third-order valence-electron chi connectivity index (χ3n) is 3.29. The molecule has 0 aromatic heterocycles. The Morgan fingerprint density at radius 2 is 1.91 bits per heavy atom. The van der Waals surface area contributed by atoms with Gasteiger partial charge in [-0.1, -0.05) is 36.8 Å². The number of aryl methyl sites for hydroxylation is 1. The van der Waals surface area contributed by atoms with Crippen molar-refractivity contribution in [3.05, 3.63) is 35.4 Å². The number of hydrogen-bond acceptors (Lipinski definition) is 3. The van der Waals surface area contributed by atoms with Crippen molar-refractivity contribution in [2.75, 3.05) is 27.2 Å². The number of halogens is 1. The van der Waals surface area contributed by atoms with Gasteiger partial charge in [0, 0.05) is 20.1 Å². The Kier molecular flexibility index (Phi) is 10.6. The van der Waals surface area contributed by atoms with Crippen LogP contribution in [-0.4, -0.2) is 39.2 Å². The molecule has 0 amide bonds. The summed E-state index contributed by atoms with van der Waals surface area (Å²) >= 11 is 0. The fraction of sp³-hybridized carbons (Fsp3) is 0.500. The van der Waals surface area contributed by atoms with Crippen LogP contribution < -0.4 is 10.6 Å². The number of aliphatic imine (C=N–C) groups is 1. The highest BCUT2D eigenvalue weighted by atomic mass is 127. The number of rotatable bonds is 6. The highest BCUT2D eigenvalue weighted by molar-refractivity contribution is 14.0. The highest BCUT2D eigenvalue weighted by Gasteiger charge is 2.07. The van der Waals surface area contributed by atoms with Crippen molar-refractivity contribution in [2.24, 2.45) is 4.99 Å². The zero-order valence-electron chi connectivity index (χ0n) is 13.7. The van der Waals surface area contributed by atoms with E-state index in [1.165, 1.54) is 18.2 Å². The molecule has 22 heavy (non-hydrogen) atoms. The number of nitrogens with zero attached hydrogens (tertiary/aromatic N) is 1. The van der Waals surface area contributed by atoms with Crippen LogP contribution >= 0.6 is 24.0 Å². The van der Waals surface area contributed by atoms with Gasteiger partial charge in [0.2, 0.25) is 0 Å². The van der Waals surface area contributed by atoms with Gasteiger partial charge >= 0.3 is 5.97 Å². The molecule has 0 fully saturated rings. The quantitative estimate of drug-likeness (QED) is 0.322. The van der Waals surface area contributed by atoms with E-state index in [0.717, 1.165) is 6.54 Å². The fourth-order valence-corrected chi connectivity index (χ4v) is 1.87. The van der Waals surface area contributed by atoms with Gasteiger partial charge in [-0.25, -0.2) is 0 Å². The first kappa shape index (κ1) is 20.7. The molecule has 0 bridgehead atoms. The van der Waals surface area contributed by atoms with E-state index in [4.69, 9.17) is 0 Å². The highest BCUT2D eigenvalue weighted by Crippen LogP contribution is 2.14. The molecule has 1 aromatic rings. The molecular weight excluding hydrogens is 393 g/mol. The van der Waals surface area contributed by atoms with Crippen molar-refractivity contribution in [2.45, 2.75) is 26.2 Å². The molecule has 2 N–H and O–H groups in total. The maximum absolute atomic E-state index is 11.0. The lowest BCUT2D eigenvalue weighted by molar-refractivity contribution is -0.140. The van der Waals surface area contributed by atoms with Crippen LogP contribution in [0.5, 0.6) is 0 Å². The lowest BCUT2D eigenvalue weighted by atomic mass is 10.0. The van der Waals surface area contributed by atoms with Gasteiger partial charge in [-0.2, -0.15) is 0 Å². The van der Waals surface area contributed by atoms with Gasteiger partial charge in [0.05, 0.1) is 13.5 Å². The number of ether oxygens (including phenoxy) is 1. The van der Waals surface area contributed by atoms with Crippen molar-refractivity contribution in [1.82, 2.24) is 10.6 Å². The number of esters is 1. The normalized spacial score (nSPS) is 12.1. The minimum atomic E-state index is -0.231. The van der Waals surface area contributed by atoms with Crippen LogP contribution in [0.4, 0.5) is 0 Å². The molecule has 1 unspecified atom stereocenters. The average Bonchev–Trinajstić information content (AvgIpc) is 2.50. The smallest absolute Gasteiger partial charge is 0.307 e. The van der Waals surface area contributed by atoms with Crippen LogP contribution in [0.1, 0.15) is 30.4 Å². The summed E-state index contributed by atoms with van der Waals surface area (Å²) in [5, 5.41) is 6.35. The van der Waals surface area contributed by atoms with E-state index in [2.05, 4.69) is 58.5 Å². The second-order valence-electron chi connectivity index (χ2n) is 5.02. The van der Waals surface area contributed by atoms with E-state index in [9.17, 15) is 4.79 Å². The SMILES string of the molecule is CN=C(NCCC(=O)OC)NCC(C)c1ccc(C)cc1.I. The van der Waals surface area contributed by atoms with E-state index in [1.54, 1.807) is 7.05 Å². The summed E-state index contributed by atoms with van der Waals surface area (Å²) in [7, 11) is 3.10. The number of hydrogen-bond donors (Lipinski definition) is 2. The Hall–Kier alpha value is -1.31. The van der Waals surface area contributed by atoms with Crippen molar-refractivity contribution >= 4 is 35.9 Å². The fourth-order valence-electron chi connectivity index (χ4n) is 1.87. The Morgan fingerprint density at radius 1 is 1.27 bits per heavy atom. The summed E-state index contributed by atoms with van der Waals surface area (Å²) in [4.78, 5) is 15.2. The first-order valence-electron chi connectivity index (χ1n) is 7.14. The standard InChI is InChI=1S/C16H25N3O2.HI/c1-12-5-7-14(8-6-12)13(2)11-19-16(17-3)18-10-9-15(20)21-4;/h5-8,13H,9-11H2,1-4H3,(H2,17,18,19);1H. The first-order valence-corrected chi connectivity index (χ1v) is 7.14. The predicted molar refractivity (Wildman–Crippen MR) is 101 cm³/mol. The first-order chi connectivity index (χ1) is 10.1. The number of nitrogens with one attached hydrogen (secondary N) is 2. The molecule has 5 nitrogen and oxygen atoms in total. The van der Waals surface area contributed by atoms with Crippen LogP contribution in [0.3, 0.4) is 0 Å². The largest absolute Gasteiger partial charge is 0.469 e. The van der Waals surface area contributed by atoms with Crippen LogP contribution in [-0.2, 0) is 9.53 Å².